The first-order valence-electron chi connectivity index (χ1n) is 6.78. The van der Waals surface area contributed by atoms with Gasteiger partial charge in [0.25, 0.3) is 0 Å². The van der Waals surface area contributed by atoms with E-state index >= 15 is 0 Å². The largest absolute Gasteiger partial charge is 0.434 e. The molecule has 0 atom stereocenters. The molecule has 110 valence electrons. The number of aromatic nitrogens is 2. The average molecular weight is 287 g/mol. The van der Waals surface area contributed by atoms with Crippen molar-refractivity contribution in [3.05, 3.63) is 48.5 Å². The Morgan fingerprint density at radius 2 is 1.95 bits per heavy atom. The summed E-state index contributed by atoms with van der Waals surface area (Å²) in [6.45, 7) is 4.00. The molecule has 0 bridgehead atoms. The summed E-state index contributed by atoms with van der Waals surface area (Å²) in [4.78, 5) is 4.16. The monoisotopic (exact) mass is 287 g/mol. The van der Waals surface area contributed by atoms with Gasteiger partial charge in [0.15, 0.2) is 11.6 Å². The Balaban J connectivity index is 0.000000774. The molecule has 4 nitrogen and oxygen atoms in total. The first kappa shape index (κ1) is 14.8. The van der Waals surface area contributed by atoms with E-state index in [0.29, 0.717) is 11.6 Å². The SMILES string of the molecule is CC.Cn1ccc2ccnc(Oc3ccc(N)cc3F)c21. The summed E-state index contributed by atoms with van der Waals surface area (Å²) in [6, 6.07) is 8.13. The van der Waals surface area contributed by atoms with Gasteiger partial charge in [0.2, 0.25) is 5.88 Å². The number of halogens is 1. The molecule has 2 heterocycles. The molecule has 0 spiro atoms. The lowest BCUT2D eigenvalue weighted by Gasteiger charge is -2.08. The molecular weight excluding hydrogens is 269 g/mol. The number of anilines is 1. The number of pyridine rings is 1. The molecule has 0 aliphatic heterocycles. The predicted octanol–water partition coefficient (Wildman–Crippen LogP) is 4.11. The molecule has 3 aromatic rings. The third kappa shape index (κ3) is 2.97. The van der Waals surface area contributed by atoms with Crippen LogP contribution in [0.4, 0.5) is 10.1 Å². The van der Waals surface area contributed by atoms with Crippen LogP contribution in [0.25, 0.3) is 10.9 Å². The number of benzene rings is 1. The number of ether oxygens (including phenoxy) is 1. The summed E-state index contributed by atoms with van der Waals surface area (Å²) < 4.78 is 21.2. The van der Waals surface area contributed by atoms with Crippen molar-refractivity contribution in [2.75, 3.05) is 5.73 Å². The van der Waals surface area contributed by atoms with E-state index in [0.717, 1.165) is 10.9 Å². The average Bonchev–Trinajstić information content (AvgIpc) is 2.87. The second-order valence-electron chi connectivity index (χ2n) is 4.27. The lowest BCUT2D eigenvalue weighted by Crippen LogP contribution is -1.95. The molecule has 5 heteroatoms. The van der Waals surface area contributed by atoms with Gasteiger partial charge in [-0.05, 0) is 24.3 Å². The maximum atomic E-state index is 13.7. The Bertz CT molecular complexity index is 752. The van der Waals surface area contributed by atoms with Gasteiger partial charge in [-0.3, -0.25) is 0 Å². The Hall–Kier alpha value is -2.56. The molecule has 2 N–H and O–H groups in total. The third-order valence-corrected chi connectivity index (χ3v) is 2.91. The number of aryl methyl sites for hydroxylation is 1. The van der Waals surface area contributed by atoms with Crippen LogP contribution in [0.1, 0.15) is 13.8 Å². The van der Waals surface area contributed by atoms with Crippen molar-refractivity contribution in [1.82, 2.24) is 9.55 Å². The molecule has 21 heavy (non-hydrogen) atoms. The van der Waals surface area contributed by atoms with Crippen LogP contribution in [0.5, 0.6) is 11.6 Å². The van der Waals surface area contributed by atoms with Crippen molar-refractivity contribution in [2.24, 2.45) is 7.05 Å². The topological polar surface area (TPSA) is 53.1 Å². The highest BCUT2D eigenvalue weighted by molar-refractivity contribution is 5.84. The number of nitrogens with zero attached hydrogens (tertiary/aromatic N) is 2. The molecule has 0 amide bonds. The Labute approximate surface area is 123 Å². The van der Waals surface area contributed by atoms with Gasteiger partial charge < -0.3 is 15.0 Å². The summed E-state index contributed by atoms with van der Waals surface area (Å²) in [5.74, 6) is -0.0305. The number of hydrogen-bond acceptors (Lipinski definition) is 3. The molecule has 1 aromatic carbocycles. The van der Waals surface area contributed by atoms with Crippen LogP contribution in [-0.2, 0) is 7.05 Å². The zero-order valence-corrected chi connectivity index (χ0v) is 12.3. The molecule has 2 aromatic heterocycles. The van der Waals surface area contributed by atoms with Gasteiger partial charge in [0.05, 0.1) is 0 Å². The summed E-state index contributed by atoms with van der Waals surface area (Å²) in [6.07, 6.45) is 3.53. The minimum absolute atomic E-state index is 0.107. The number of nitrogen functional groups attached to an aromatic ring is 1. The van der Waals surface area contributed by atoms with Crippen molar-refractivity contribution >= 4 is 16.6 Å². The number of nitrogens with two attached hydrogens (primary N) is 1. The highest BCUT2D eigenvalue weighted by atomic mass is 19.1. The van der Waals surface area contributed by atoms with E-state index in [9.17, 15) is 4.39 Å². The van der Waals surface area contributed by atoms with Crippen molar-refractivity contribution in [1.29, 1.82) is 0 Å². The Kier molecular flexibility index (Phi) is 4.42. The Morgan fingerprint density at radius 1 is 1.19 bits per heavy atom. The predicted molar refractivity (Wildman–Crippen MR) is 82.9 cm³/mol. The summed E-state index contributed by atoms with van der Waals surface area (Å²) >= 11 is 0. The highest BCUT2D eigenvalue weighted by Crippen LogP contribution is 2.30. The molecule has 0 radical (unpaired) electrons. The van der Waals surface area contributed by atoms with Crippen LogP contribution in [-0.4, -0.2) is 9.55 Å². The van der Waals surface area contributed by atoms with Crippen LogP contribution < -0.4 is 10.5 Å². The number of hydrogen-bond donors (Lipinski definition) is 1. The molecule has 0 fully saturated rings. The fourth-order valence-corrected chi connectivity index (χ4v) is 1.98. The van der Waals surface area contributed by atoms with E-state index in [1.54, 1.807) is 12.3 Å². The van der Waals surface area contributed by atoms with Crippen LogP contribution in [0, 0.1) is 5.82 Å². The fourth-order valence-electron chi connectivity index (χ4n) is 1.98. The van der Waals surface area contributed by atoms with E-state index in [1.807, 2.05) is 43.8 Å². The van der Waals surface area contributed by atoms with Crippen molar-refractivity contribution < 1.29 is 9.13 Å². The minimum atomic E-state index is -0.506. The van der Waals surface area contributed by atoms with Crippen molar-refractivity contribution in [2.45, 2.75) is 13.8 Å². The van der Waals surface area contributed by atoms with Crippen LogP contribution in [0.2, 0.25) is 0 Å². The maximum Gasteiger partial charge on any atom is 0.244 e. The van der Waals surface area contributed by atoms with Gasteiger partial charge >= 0.3 is 0 Å². The van der Waals surface area contributed by atoms with E-state index in [4.69, 9.17) is 10.5 Å². The Morgan fingerprint density at radius 3 is 2.67 bits per heavy atom. The quantitative estimate of drug-likeness (QED) is 0.721. The third-order valence-electron chi connectivity index (χ3n) is 2.91. The zero-order valence-electron chi connectivity index (χ0n) is 12.3. The van der Waals surface area contributed by atoms with Crippen LogP contribution >= 0.6 is 0 Å². The second-order valence-corrected chi connectivity index (χ2v) is 4.27. The van der Waals surface area contributed by atoms with Gasteiger partial charge in [-0.2, -0.15) is 0 Å². The molecule has 3 rings (SSSR count). The lowest BCUT2D eigenvalue weighted by molar-refractivity contribution is 0.431. The smallest absolute Gasteiger partial charge is 0.244 e. The van der Waals surface area contributed by atoms with E-state index < -0.39 is 5.82 Å². The first-order valence-corrected chi connectivity index (χ1v) is 6.78. The van der Waals surface area contributed by atoms with Gasteiger partial charge in [-0.25, -0.2) is 9.37 Å². The van der Waals surface area contributed by atoms with Gasteiger partial charge in [0.1, 0.15) is 5.52 Å². The second kappa shape index (κ2) is 6.26. The van der Waals surface area contributed by atoms with E-state index in [1.165, 1.54) is 12.1 Å². The van der Waals surface area contributed by atoms with Gasteiger partial charge in [0, 0.05) is 36.6 Å². The fraction of sp³-hybridized carbons (Fsp3) is 0.188. The first-order chi connectivity index (χ1) is 10.1. The molecule has 0 unspecified atom stereocenters. The number of fused-ring (bicyclic) bond motifs is 1. The standard InChI is InChI=1S/C14H12FN3O.C2H6/c1-18-7-5-9-4-6-17-14(13(9)18)19-12-3-2-10(16)8-11(12)15;1-2/h2-8H,16H2,1H3;1-2H3. The maximum absolute atomic E-state index is 13.7. The van der Waals surface area contributed by atoms with E-state index in [-0.39, 0.29) is 5.75 Å². The number of rotatable bonds is 2. The van der Waals surface area contributed by atoms with Gasteiger partial charge in [-0.1, -0.05) is 13.8 Å². The minimum Gasteiger partial charge on any atom is -0.434 e. The molecule has 0 saturated heterocycles. The molecule has 0 aliphatic rings. The van der Waals surface area contributed by atoms with Crippen LogP contribution in [0.15, 0.2) is 42.7 Å². The van der Waals surface area contributed by atoms with Crippen molar-refractivity contribution in [3.8, 4) is 11.6 Å². The molecular formula is C16H18FN3O. The summed E-state index contributed by atoms with van der Waals surface area (Å²) in [5.41, 5.74) is 6.68. The van der Waals surface area contributed by atoms with Crippen molar-refractivity contribution in [3.63, 3.8) is 0 Å². The lowest BCUT2D eigenvalue weighted by atomic mass is 10.3. The van der Waals surface area contributed by atoms with Gasteiger partial charge in [-0.15, -0.1) is 0 Å². The summed E-state index contributed by atoms with van der Waals surface area (Å²) in [5, 5.41) is 0.989. The zero-order chi connectivity index (χ0) is 15.4. The normalized spacial score (nSPS) is 10.1. The summed E-state index contributed by atoms with van der Waals surface area (Å²) in [7, 11) is 1.89. The highest BCUT2D eigenvalue weighted by Gasteiger charge is 2.11. The molecule has 0 aliphatic carbocycles. The van der Waals surface area contributed by atoms with Crippen LogP contribution in [0.3, 0.4) is 0 Å². The van der Waals surface area contributed by atoms with E-state index in [2.05, 4.69) is 4.98 Å². The molecule has 0 saturated carbocycles.